The Morgan fingerprint density at radius 1 is 1.40 bits per heavy atom. The van der Waals surface area contributed by atoms with Gasteiger partial charge in [-0.25, -0.2) is 0 Å². The summed E-state index contributed by atoms with van der Waals surface area (Å²) in [6, 6.07) is 3.72. The van der Waals surface area contributed by atoms with E-state index < -0.39 is 0 Å². The lowest BCUT2D eigenvalue weighted by molar-refractivity contribution is 1.08. The molecule has 0 aliphatic carbocycles. The van der Waals surface area contributed by atoms with Gasteiger partial charge in [0, 0.05) is 18.3 Å². The molecule has 0 saturated heterocycles. The zero-order valence-corrected chi connectivity index (χ0v) is 6.81. The largest absolute Gasteiger partial charge is 0.265 e. The summed E-state index contributed by atoms with van der Waals surface area (Å²) >= 11 is 11.4. The Labute approximate surface area is 70.0 Å². The van der Waals surface area contributed by atoms with Crippen molar-refractivity contribution in [2.45, 2.75) is 5.38 Å². The minimum absolute atomic E-state index is 0.0929. The number of aromatic nitrogens is 1. The molecule has 0 fully saturated rings. The van der Waals surface area contributed by atoms with Crippen molar-refractivity contribution in [3.8, 4) is 0 Å². The number of alkyl halides is 2. The molecule has 0 aliphatic heterocycles. The van der Waals surface area contributed by atoms with Crippen molar-refractivity contribution in [3.63, 3.8) is 0 Å². The first kappa shape index (κ1) is 7.83. The van der Waals surface area contributed by atoms with Gasteiger partial charge in [0.25, 0.3) is 0 Å². The Kier molecular flexibility index (Phi) is 2.97. The lowest BCUT2D eigenvalue weighted by atomic mass is 10.2. The second kappa shape index (κ2) is 3.79. The Morgan fingerprint density at radius 2 is 2.00 bits per heavy atom. The Morgan fingerprint density at radius 3 is 2.50 bits per heavy atom. The molecule has 54 valence electrons. The molecule has 1 unspecified atom stereocenters. The van der Waals surface area contributed by atoms with E-state index >= 15 is 0 Å². The Balaban J connectivity index is 2.75. The summed E-state index contributed by atoms with van der Waals surface area (Å²) in [5, 5.41) is -0.0929. The zero-order chi connectivity index (χ0) is 7.40. The van der Waals surface area contributed by atoms with E-state index in [4.69, 9.17) is 23.2 Å². The summed E-state index contributed by atoms with van der Waals surface area (Å²) in [5.74, 6) is 0.436. The van der Waals surface area contributed by atoms with Crippen LogP contribution in [-0.4, -0.2) is 10.9 Å². The van der Waals surface area contributed by atoms with Gasteiger partial charge in [-0.05, 0) is 17.7 Å². The molecule has 0 aromatic carbocycles. The number of rotatable bonds is 2. The van der Waals surface area contributed by atoms with Crippen LogP contribution in [0.15, 0.2) is 24.5 Å². The summed E-state index contributed by atoms with van der Waals surface area (Å²) in [6.07, 6.45) is 3.41. The highest BCUT2D eigenvalue weighted by atomic mass is 35.5. The number of nitrogens with zero attached hydrogens (tertiary/aromatic N) is 1. The molecule has 0 bridgehead atoms. The minimum atomic E-state index is -0.0929. The van der Waals surface area contributed by atoms with E-state index in [9.17, 15) is 0 Å². The first-order chi connectivity index (χ1) is 4.84. The molecule has 1 aromatic heterocycles. The topological polar surface area (TPSA) is 12.9 Å². The molecule has 0 spiro atoms. The van der Waals surface area contributed by atoms with E-state index in [-0.39, 0.29) is 5.38 Å². The van der Waals surface area contributed by atoms with Crippen LogP contribution in [0, 0.1) is 0 Å². The van der Waals surface area contributed by atoms with Crippen LogP contribution in [0.5, 0.6) is 0 Å². The fraction of sp³-hybridized carbons (Fsp3) is 0.286. The molecule has 1 aromatic rings. The second-order valence-corrected chi connectivity index (χ2v) is 2.74. The molecule has 0 aliphatic rings. The zero-order valence-electron chi connectivity index (χ0n) is 5.30. The maximum Gasteiger partial charge on any atom is 0.0721 e. The standard InChI is InChI=1S/C7H7Cl2N/c8-5-7(9)6-1-3-10-4-2-6/h1-4,7H,5H2. The van der Waals surface area contributed by atoms with Crippen molar-refractivity contribution in [3.05, 3.63) is 30.1 Å². The summed E-state index contributed by atoms with van der Waals surface area (Å²) in [4.78, 5) is 3.86. The van der Waals surface area contributed by atoms with Gasteiger partial charge in [0.2, 0.25) is 0 Å². The molecule has 1 nitrogen and oxygen atoms in total. The maximum atomic E-state index is 5.83. The van der Waals surface area contributed by atoms with Crippen LogP contribution >= 0.6 is 23.2 Å². The van der Waals surface area contributed by atoms with Gasteiger partial charge < -0.3 is 0 Å². The van der Waals surface area contributed by atoms with Gasteiger partial charge in [-0.3, -0.25) is 4.98 Å². The molecule has 0 saturated carbocycles. The van der Waals surface area contributed by atoms with Gasteiger partial charge in [0.15, 0.2) is 0 Å². The predicted molar refractivity (Wildman–Crippen MR) is 43.6 cm³/mol. The Hall–Kier alpha value is -0.270. The average molecular weight is 176 g/mol. The smallest absolute Gasteiger partial charge is 0.0721 e. The van der Waals surface area contributed by atoms with Gasteiger partial charge in [-0.2, -0.15) is 0 Å². The number of hydrogen-bond donors (Lipinski definition) is 0. The van der Waals surface area contributed by atoms with Gasteiger partial charge in [0.05, 0.1) is 5.38 Å². The van der Waals surface area contributed by atoms with Crippen molar-refractivity contribution < 1.29 is 0 Å². The SMILES string of the molecule is ClCC(Cl)c1ccncc1. The molecule has 3 heteroatoms. The van der Waals surface area contributed by atoms with E-state index in [1.807, 2.05) is 12.1 Å². The fourth-order valence-corrected chi connectivity index (χ4v) is 0.985. The molecule has 1 heterocycles. The third kappa shape index (κ3) is 1.86. The molecule has 1 rings (SSSR count). The number of pyridine rings is 1. The number of hydrogen-bond acceptors (Lipinski definition) is 1. The molecular formula is C7H7Cl2N. The number of halogens is 2. The van der Waals surface area contributed by atoms with E-state index in [2.05, 4.69) is 4.98 Å². The summed E-state index contributed by atoms with van der Waals surface area (Å²) < 4.78 is 0. The van der Waals surface area contributed by atoms with E-state index in [0.29, 0.717) is 5.88 Å². The van der Waals surface area contributed by atoms with Crippen molar-refractivity contribution in [1.29, 1.82) is 0 Å². The van der Waals surface area contributed by atoms with E-state index in [0.717, 1.165) is 5.56 Å². The van der Waals surface area contributed by atoms with Crippen LogP contribution < -0.4 is 0 Å². The highest BCUT2D eigenvalue weighted by molar-refractivity contribution is 6.28. The normalized spacial score (nSPS) is 13.0. The van der Waals surface area contributed by atoms with Crippen LogP contribution in [0.2, 0.25) is 0 Å². The lowest BCUT2D eigenvalue weighted by Gasteiger charge is -2.02. The van der Waals surface area contributed by atoms with E-state index in [1.165, 1.54) is 0 Å². The van der Waals surface area contributed by atoms with Crippen LogP contribution in [0.3, 0.4) is 0 Å². The maximum absolute atomic E-state index is 5.83. The third-order valence-corrected chi connectivity index (χ3v) is 2.08. The summed E-state index contributed by atoms with van der Waals surface area (Å²) in [5.41, 5.74) is 1.02. The predicted octanol–water partition coefficient (Wildman–Crippen LogP) is 2.60. The highest BCUT2D eigenvalue weighted by Gasteiger charge is 2.03. The van der Waals surface area contributed by atoms with Gasteiger partial charge >= 0.3 is 0 Å². The van der Waals surface area contributed by atoms with Crippen LogP contribution in [0.1, 0.15) is 10.9 Å². The van der Waals surface area contributed by atoms with Gasteiger partial charge in [0.1, 0.15) is 0 Å². The Bertz CT molecular complexity index is 188. The minimum Gasteiger partial charge on any atom is -0.265 e. The first-order valence-corrected chi connectivity index (χ1v) is 3.91. The van der Waals surface area contributed by atoms with E-state index in [1.54, 1.807) is 12.4 Å². The monoisotopic (exact) mass is 175 g/mol. The molecule has 1 atom stereocenters. The molecule has 0 amide bonds. The van der Waals surface area contributed by atoms with Crippen LogP contribution in [0.25, 0.3) is 0 Å². The third-order valence-electron chi connectivity index (χ3n) is 1.20. The lowest BCUT2D eigenvalue weighted by Crippen LogP contribution is -1.90. The fourth-order valence-electron chi connectivity index (χ4n) is 0.661. The summed E-state index contributed by atoms with van der Waals surface area (Å²) in [6.45, 7) is 0. The average Bonchev–Trinajstić information content (AvgIpc) is 2.05. The quantitative estimate of drug-likeness (QED) is 0.631. The van der Waals surface area contributed by atoms with Crippen molar-refractivity contribution in [2.24, 2.45) is 0 Å². The molecule has 0 N–H and O–H groups in total. The molecular weight excluding hydrogens is 169 g/mol. The van der Waals surface area contributed by atoms with Crippen molar-refractivity contribution >= 4 is 23.2 Å². The first-order valence-electron chi connectivity index (χ1n) is 2.94. The van der Waals surface area contributed by atoms with Crippen LogP contribution in [-0.2, 0) is 0 Å². The van der Waals surface area contributed by atoms with Crippen molar-refractivity contribution in [2.75, 3.05) is 5.88 Å². The molecule has 0 radical (unpaired) electrons. The van der Waals surface area contributed by atoms with Gasteiger partial charge in [-0.1, -0.05) is 0 Å². The highest BCUT2D eigenvalue weighted by Crippen LogP contribution is 2.19. The van der Waals surface area contributed by atoms with Crippen LogP contribution in [0.4, 0.5) is 0 Å². The van der Waals surface area contributed by atoms with Gasteiger partial charge in [-0.15, -0.1) is 23.2 Å². The second-order valence-electron chi connectivity index (χ2n) is 1.90. The summed E-state index contributed by atoms with van der Waals surface area (Å²) in [7, 11) is 0. The van der Waals surface area contributed by atoms with Crippen molar-refractivity contribution in [1.82, 2.24) is 4.98 Å². The molecule has 10 heavy (non-hydrogen) atoms.